The number of amides is 1. The number of fused-ring (bicyclic) bond motifs is 3. The van der Waals surface area contributed by atoms with E-state index < -0.39 is 59.2 Å². The lowest BCUT2D eigenvalue weighted by atomic mass is 10.0. The number of aromatic nitrogens is 1. The van der Waals surface area contributed by atoms with Gasteiger partial charge in [0.1, 0.15) is 22.8 Å². The van der Waals surface area contributed by atoms with Crippen molar-refractivity contribution in [3.8, 4) is 22.6 Å². The number of alkyl halides is 9. The molecule has 0 unspecified atom stereocenters. The van der Waals surface area contributed by atoms with Gasteiger partial charge in [0.2, 0.25) is 0 Å². The fourth-order valence-corrected chi connectivity index (χ4v) is 3.78. The van der Waals surface area contributed by atoms with Crippen LogP contribution in [-0.4, -0.2) is 23.6 Å². The number of rotatable bonds is 4. The van der Waals surface area contributed by atoms with Crippen LogP contribution in [0.3, 0.4) is 0 Å². The van der Waals surface area contributed by atoms with Gasteiger partial charge in [-0.2, -0.15) is 13.2 Å². The average Bonchev–Trinajstić information content (AvgIpc) is 3.03. The van der Waals surface area contributed by atoms with Crippen molar-refractivity contribution in [2.24, 2.45) is 0 Å². The highest BCUT2D eigenvalue weighted by atomic mass is 19.4. The van der Waals surface area contributed by atoms with Gasteiger partial charge < -0.3 is 19.8 Å². The minimum Gasteiger partial charge on any atom is -0.406 e. The van der Waals surface area contributed by atoms with E-state index in [9.17, 15) is 49.1 Å². The highest BCUT2D eigenvalue weighted by molar-refractivity contribution is 5.95. The number of carbonyl (C=O) groups is 1. The van der Waals surface area contributed by atoms with Gasteiger partial charge in [0.15, 0.2) is 0 Å². The predicted octanol–water partition coefficient (Wildman–Crippen LogP) is 5.69. The second-order valence-electron chi connectivity index (χ2n) is 7.61. The van der Waals surface area contributed by atoms with Crippen LogP contribution in [0.1, 0.15) is 33.2 Å². The normalized spacial score (nSPS) is 13.6. The summed E-state index contributed by atoms with van der Waals surface area (Å²) < 4.78 is 122. The summed E-state index contributed by atoms with van der Waals surface area (Å²) >= 11 is 0. The van der Waals surface area contributed by atoms with Gasteiger partial charge in [-0.25, -0.2) is 0 Å². The molecule has 0 spiro atoms. The first-order valence-corrected chi connectivity index (χ1v) is 9.93. The number of pyridine rings is 1. The Hall–Kier alpha value is -4.17. The first-order valence-electron chi connectivity index (χ1n) is 9.93. The van der Waals surface area contributed by atoms with Crippen molar-refractivity contribution in [2.75, 3.05) is 0 Å². The summed E-state index contributed by atoms with van der Waals surface area (Å²) in [6.07, 6.45) is -15.0. The van der Waals surface area contributed by atoms with Crippen LogP contribution in [0, 0.1) is 0 Å². The van der Waals surface area contributed by atoms with Gasteiger partial charge in [0.05, 0.1) is 6.04 Å². The highest BCUT2D eigenvalue weighted by Crippen LogP contribution is 2.47. The molecule has 15 heteroatoms. The van der Waals surface area contributed by atoms with E-state index in [1.165, 1.54) is 4.98 Å². The molecular weight excluding hydrogens is 527 g/mol. The Morgan fingerprint density at radius 3 is 1.65 bits per heavy atom. The molecule has 4 rings (SSSR count). The summed E-state index contributed by atoms with van der Waals surface area (Å²) in [5, 5.41) is 2.38. The fraction of sp³-hybridized carbons (Fsp3) is 0.182. The van der Waals surface area contributed by atoms with Crippen molar-refractivity contribution >= 4 is 5.91 Å². The first-order chi connectivity index (χ1) is 17.0. The molecule has 0 saturated heterocycles. The number of nitrogens with one attached hydrogen (secondary N) is 2. The standard InChI is InChI=1S/C22H11F9N2O4/c23-20(24,25)16-6-5-13(18(34)32-16)19(35)33-17-11-3-1-9(36-21(26,27)28)7-14(11)15-8-10(2-4-12(15)17)37-22(29,30)31/h1-8,17H,(H,32,34)(H,33,35). The van der Waals surface area contributed by atoms with Gasteiger partial charge in [-0.05, 0) is 58.7 Å². The molecule has 0 aliphatic heterocycles. The lowest BCUT2D eigenvalue weighted by Gasteiger charge is -2.17. The summed E-state index contributed by atoms with van der Waals surface area (Å²) in [6, 6.07) is 5.70. The molecule has 2 N–H and O–H groups in total. The lowest BCUT2D eigenvalue weighted by molar-refractivity contribution is -0.275. The molecule has 1 amide bonds. The van der Waals surface area contributed by atoms with Crippen molar-refractivity contribution in [1.82, 2.24) is 10.3 Å². The minimum atomic E-state index is -5.08. The summed E-state index contributed by atoms with van der Waals surface area (Å²) in [5.74, 6) is -2.55. The largest absolute Gasteiger partial charge is 0.573 e. The molecule has 2 aromatic carbocycles. The zero-order valence-corrected chi connectivity index (χ0v) is 17.7. The van der Waals surface area contributed by atoms with Crippen LogP contribution in [0.5, 0.6) is 11.5 Å². The Kier molecular flexibility index (Phi) is 6.12. The topological polar surface area (TPSA) is 80.4 Å². The van der Waals surface area contributed by atoms with Gasteiger partial charge in [0.25, 0.3) is 11.5 Å². The maximum Gasteiger partial charge on any atom is 0.573 e. The molecule has 37 heavy (non-hydrogen) atoms. The van der Waals surface area contributed by atoms with Crippen molar-refractivity contribution in [3.63, 3.8) is 0 Å². The molecule has 0 radical (unpaired) electrons. The Balaban J connectivity index is 1.74. The van der Waals surface area contributed by atoms with Crippen LogP contribution in [0.4, 0.5) is 39.5 Å². The maximum absolute atomic E-state index is 12.8. The second kappa shape index (κ2) is 8.74. The zero-order valence-electron chi connectivity index (χ0n) is 17.7. The molecule has 1 heterocycles. The number of ether oxygens (including phenoxy) is 2. The zero-order chi connectivity index (χ0) is 27.3. The summed E-state index contributed by atoms with van der Waals surface area (Å²) in [6.45, 7) is 0. The SMILES string of the molecule is O=C(NC1c2ccc(OC(F)(F)F)cc2-c2cc(OC(F)(F)F)ccc21)c1ccc(C(F)(F)F)[nH]c1=O. The molecule has 6 nitrogen and oxygen atoms in total. The summed E-state index contributed by atoms with van der Waals surface area (Å²) in [4.78, 5) is 26.4. The highest BCUT2D eigenvalue weighted by Gasteiger charge is 2.37. The monoisotopic (exact) mass is 538 g/mol. The van der Waals surface area contributed by atoms with Gasteiger partial charge in [-0.15, -0.1) is 26.3 Å². The number of carbonyl (C=O) groups excluding carboxylic acids is 1. The van der Waals surface area contributed by atoms with Gasteiger partial charge in [-0.3, -0.25) is 9.59 Å². The van der Waals surface area contributed by atoms with Crippen LogP contribution < -0.4 is 20.3 Å². The Morgan fingerprint density at radius 1 is 0.757 bits per heavy atom. The van der Waals surface area contributed by atoms with E-state index >= 15 is 0 Å². The molecule has 1 aromatic heterocycles. The number of hydrogen-bond acceptors (Lipinski definition) is 4. The van der Waals surface area contributed by atoms with E-state index in [4.69, 9.17) is 0 Å². The summed E-state index contributed by atoms with van der Waals surface area (Å²) in [7, 11) is 0. The van der Waals surface area contributed by atoms with Crippen molar-refractivity contribution < 1.29 is 53.8 Å². The van der Waals surface area contributed by atoms with E-state index in [2.05, 4.69) is 14.8 Å². The van der Waals surface area contributed by atoms with Crippen LogP contribution in [-0.2, 0) is 6.18 Å². The fourth-order valence-electron chi connectivity index (χ4n) is 3.78. The molecule has 1 aliphatic carbocycles. The third-order valence-electron chi connectivity index (χ3n) is 5.16. The molecule has 0 saturated carbocycles. The van der Waals surface area contributed by atoms with E-state index in [-0.39, 0.29) is 22.3 Å². The van der Waals surface area contributed by atoms with Crippen LogP contribution in [0.15, 0.2) is 53.3 Å². The smallest absolute Gasteiger partial charge is 0.406 e. The van der Waals surface area contributed by atoms with E-state index in [0.717, 1.165) is 36.4 Å². The lowest BCUT2D eigenvalue weighted by Crippen LogP contribution is -2.33. The van der Waals surface area contributed by atoms with E-state index in [1.807, 2.05) is 0 Å². The molecule has 0 fully saturated rings. The van der Waals surface area contributed by atoms with Crippen LogP contribution >= 0.6 is 0 Å². The molecule has 0 atom stereocenters. The Bertz CT molecular complexity index is 1360. The number of benzene rings is 2. The maximum atomic E-state index is 12.8. The molecule has 3 aromatic rings. The average molecular weight is 538 g/mol. The number of aromatic amines is 1. The van der Waals surface area contributed by atoms with Gasteiger partial charge >= 0.3 is 18.9 Å². The quantitative estimate of drug-likeness (QED) is 0.419. The van der Waals surface area contributed by atoms with Crippen molar-refractivity contribution in [2.45, 2.75) is 24.9 Å². The second-order valence-corrected chi connectivity index (χ2v) is 7.61. The predicted molar refractivity (Wildman–Crippen MR) is 107 cm³/mol. The Morgan fingerprint density at radius 2 is 1.24 bits per heavy atom. The van der Waals surface area contributed by atoms with Crippen molar-refractivity contribution in [1.29, 1.82) is 0 Å². The first kappa shape index (κ1) is 25.9. The van der Waals surface area contributed by atoms with Crippen LogP contribution in [0.25, 0.3) is 11.1 Å². The van der Waals surface area contributed by atoms with E-state index in [0.29, 0.717) is 12.1 Å². The van der Waals surface area contributed by atoms with Crippen LogP contribution in [0.2, 0.25) is 0 Å². The minimum absolute atomic E-state index is 0.0454. The molecular formula is C22H11F9N2O4. The third kappa shape index (κ3) is 5.65. The van der Waals surface area contributed by atoms with E-state index in [1.54, 1.807) is 0 Å². The Labute approximate surface area is 199 Å². The molecule has 196 valence electrons. The number of H-pyrrole nitrogens is 1. The van der Waals surface area contributed by atoms with Gasteiger partial charge in [-0.1, -0.05) is 12.1 Å². The van der Waals surface area contributed by atoms with Crippen molar-refractivity contribution in [3.05, 3.63) is 81.3 Å². The van der Waals surface area contributed by atoms with Gasteiger partial charge in [0, 0.05) is 0 Å². The molecule has 1 aliphatic rings. The number of halogens is 9. The third-order valence-corrected chi connectivity index (χ3v) is 5.16. The molecule has 0 bridgehead atoms. The summed E-state index contributed by atoms with van der Waals surface area (Å²) in [5.41, 5.74) is -3.34. The number of hydrogen-bond donors (Lipinski definition) is 2.